The maximum absolute atomic E-state index is 6.08. The van der Waals surface area contributed by atoms with Gasteiger partial charge in [-0.05, 0) is 84.3 Å². The summed E-state index contributed by atoms with van der Waals surface area (Å²) in [6.07, 6.45) is 12.7. The number of aryl methyl sites for hydroxylation is 6. The monoisotopic (exact) mass is 963 g/mol. The number of hydrogen-bond acceptors (Lipinski definition) is 5. The maximum atomic E-state index is 6.08. The van der Waals surface area contributed by atoms with E-state index in [0.29, 0.717) is 5.71 Å². The summed E-state index contributed by atoms with van der Waals surface area (Å²) in [5.41, 5.74) is 14.0. The third kappa shape index (κ3) is 10.4. The first-order valence-corrected chi connectivity index (χ1v) is 20.3. The molecule has 9 rings (SSSR count). The Hall–Kier alpha value is -6.01. The van der Waals surface area contributed by atoms with Crippen LogP contribution in [-0.2, 0) is 59.3 Å². The Morgan fingerprint density at radius 2 is 1.43 bits per heavy atom. The Bertz CT molecular complexity index is 2800. The first kappa shape index (κ1) is 42.1. The van der Waals surface area contributed by atoms with Crippen LogP contribution in [0.5, 0.6) is 0 Å². The van der Waals surface area contributed by atoms with Gasteiger partial charge in [0.2, 0.25) is 5.71 Å². The van der Waals surface area contributed by atoms with Crippen molar-refractivity contribution >= 4 is 22.1 Å². The second kappa shape index (κ2) is 18.9. The van der Waals surface area contributed by atoms with E-state index in [0.717, 1.165) is 88.1 Å². The summed E-state index contributed by atoms with van der Waals surface area (Å²) >= 11 is 0. The Labute approximate surface area is 367 Å². The predicted octanol–water partition coefficient (Wildman–Crippen LogP) is 12.1. The Kier molecular flexibility index (Phi) is 13.3. The van der Waals surface area contributed by atoms with Gasteiger partial charge in [-0.15, -0.1) is 89.5 Å². The third-order valence-electron chi connectivity index (χ3n) is 10.4. The number of furan rings is 1. The SMILES string of the molecule is Cc1ccc2c(n1)oc1c(-c3cc(CC(C)(C)C)ccn3)[c-]ccc12.Cn1ccnc1-c1[c-]cc(CCc2cccc(CCc3ccc(-c4[c-]cccc4)nc3)c2)cc1.[Ir+3]. The van der Waals surface area contributed by atoms with E-state index in [1.54, 1.807) is 0 Å². The van der Waals surface area contributed by atoms with E-state index >= 15 is 0 Å². The van der Waals surface area contributed by atoms with Gasteiger partial charge < -0.3 is 19.0 Å². The van der Waals surface area contributed by atoms with Crippen LogP contribution in [-0.4, -0.2) is 24.5 Å². The van der Waals surface area contributed by atoms with Gasteiger partial charge in [0.05, 0.1) is 11.4 Å². The minimum absolute atomic E-state index is 0. The fraction of sp³-hybridized carbons (Fsp3) is 0.208. The van der Waals surface area contributed by atoms with E-state index in [1.807, 2.05) is 85.8 Å². The molecule has 0 aliphatic rings. The molecule has 0 N–H and O–H groups in total. The normalized spacial score (nSPS) is 11.3. The molecule has 0 spiro atoms. The number of fused-ring (bicyclic) bond motifs is 3. The van der Waals surface area contributed by atoms with Gasteiger partial charge in [0.25, 0.3) is 0 Å². The first-order chi connectivity index (χ1) is 28.6. The number of nitrogens with zero attached hydrogens (tertiary/aromatic N) is 5. The molecule has 300 valence electrons. The molecule has 0 radical (unpaired) electrons. The summed E-state index contributed by atoms with van der Waals surface area (Å²) in [6.45, 7) is 8.70. The summed E-state index contributed by atoms with van der Waals surface area (Å²) in [5, 5.41) is 2.08. The summed E-state index contributed by atoms with van der Waals surface area (Å²) in [7, 11) is 2.01. The third-order valence-corrected chi connectivity index (χ3v) is 10.4. The van der Waals surface area contributed by atoms with Crippen LogP contribution in [0.2, 0.25) is 0 Å². The van der Waals surface area contributed by atoms with Gasteiger partial charge in [-0.1, -0.05) is 86.2 Å². The van der Waals surface area contributed by atoms with Crippen LogP contribution in [0.3, 0.4) is 0 Å². The molecule has 5 heterocycles. The summed E-state index contributed by atoms with van der Waals surface area (Å²) in [4.78, 5) is 18.1. The van der Waals surface area contributed by atoms with Gasteiger partial charge in [-0.3, -0.25) is 4.98 Å². The van der Waals surface area contributed by atoms with Crippen LogP contribution in [0.25, 0.3) is 56.0 Å². The average Bonchev–Trinajstić information content (AvgIpc) is 3.85. The number of rotatable bonds is 10. The molecule has 0 amide bonds. The van der Waals surface area contributed by atoms with E-state index in [-0.39, 0.29) is 25.5 Å². The maximum Gasteiger partial charge on any atom is 3.00 e. The molecule has 0 fully saturated rings. The van der Waals surface area contributed by atoms with Crippen LogP contribution in [0.15, 0.2) is 144 Å². The van der Waals surface area contributed by atoms with Gasteiger partial charge in [0.1, 0.15) is 0 Å². The number of benzene rings is 4. The minimum atomic E-state index is 0. The first-order valence-electron chi connectivity index (χ1n) is 20.3. The van der Waals surface area contributed by atoms with Crippen molar-refractivity contribution in [1.82, 2.24) is 24.5 Å². The quantitative estimate of drug-likeness (QED) is 0.128. The smallest absolute Gasteiger partial charge is 0.486 e. The Morgan fingerprint density at radius 3 is 2.13 bits per heavy atom. The second-order valence-corrected chi connectivity index (χ2v) is 16.4. The molecule has 4 aromatic carbocycles. The molecule has 0 bridgehead atoms. The Morgan fingerprint density at radius 1 is 0.633 bits per heavy atom. The summed E-state index contributed by atoms with van der Waals surface area (Å²) in [5.74, 6) is 0.947. The van der Waals surface area contributed by atoms with Gasteiger partial charge in [0.15, 0.2) is 0 Å². The van der Waals surface area contributed by atoms with Crippen LogP contribution >= 0.6 is 0 Å². The molecule has 0 aliphatic carbocycles. The molecule has 0 saturated heterocycles. The van der Waals surface area contributed by atoms with E-state index in [4.69, 9.17) is 4.42 Å². The molecule has 0 atom stereocenters. The van der Waals surface area contributed by atoms with E-state index < -0.39 is 0 Å². The second-order valence-electron chi connectivity index (χ2n) is 16.4. The topological polar surface area (TPSA) is 69.6 Å². The van der Waals surface area contributed by atoms with Crippen LogP contribution in [0.1, 0.15) is 54.3 Å². The van der Waals surface area contributed by atoms with E-state index in [9.17, 15) is 0 Å². The molecule has 0 aliphatic heterocycles. The van der Waals surface area contributed by atoms with Gasteiger partial charge in [-0.2, -0.15) is 0 Å². The van der Waals surface area contributed by atoms with E-state index in [1.165, 1.54) is 27.8 Å². The number of aromatic nitrogens is 5. The average molecular weight is 963 g/mol. The Balaban J connectivity index is 0.000000187. The van der Waals surface area contributed by atoms with Crippen LogP contribution in [0, 0.1) is 30.5 Å². The summed E-state index contributed by atoms with van der Waals surface area (Å²) in [6, 6.07) is 49.8. The predicted molar refractivity (Wildman–Crippen MR) is 239 cm³/mol. The largest absolute Gasteiger partial charge is 3.00 e. The van der Waals surface area contributed by atoms with Crippen LogP contribution < -0.4 is 0 Å². The fourth-order valence-corrected chi connectivity index (χ4v) is 7.42. The number of pyridine rings is 3. The van der Waals surface area contributed by atoms with Gasteiger partial charge >= 0.3 is 20.1 Å². The van der Waals surface area contributed by atoms with Crippen molar-refractivity contribution in [3.63, 3.8) is 0 Å². The minimum Gasteiger partial charge on any atom is -0.486 e. The van der Waals surface area contributed by atoms with E-state index in [2.05, 4.69) is 132 Å². The zero-order chi connectivity index (χ0) is 40.8. The van der Waals surface area contributed by atoms with Crippen molar-refractivity contribution in [1.29, 1.82) is 0 Å². The summed E-state index contributed by atoms with van der Waals surface area (Å²) < 4.78 is 8.09. The van der Waals surface area contributed by atoms with Crippen molar-refractivity contribution in [3.8, 4) is 33.9 Å². The number of hydrogen-bond donors (Lipinski definition) is 0. The standard InChI is InChI=1S/C31H27N3.C22H21N2O.Ir/c1-34-21-20-32-31(34)29-17-14-24(15-18-29)10-11-25-6-5-7-26(22-25)12-13-27-16-19-30(33-23-27)28-8-3-2-4-9-28;1-14-8-9-17-16-6-5-7-18(20(16)25-21(17)24-14)19-12-15(10-11-23-19)13-22(2,3)4;/h2-8,14-17,19-23H,10-13H2,1H3;5-6,8-12H,13H2,1-4H3;/q-2;-1;+3. The molecular formula is C53H48IrN5O. The van der Waals surface area contributed by atoms with Gasteiger partial charge in [-0.25, -0.2) is 4.98 Å². The molecule has 6 nitrogen and oxygen atoms in total. The van der Waals surface area contributed by atoms with Crippen molar-refractivity contribution in [3.05, 3.63) is 192 Å². The fourth-order valence-electron chi connectivity index (χ4n) is 7.42. The van der Waals surface area contributed by atoms with Crippen LogP contribution in [0.4, 0.5) is 0 Å². The molecule has 60 heavy (non-hydrogen) atoms. The molecule has 7 heteroatoms. The van der Waals surface area contributed by atoms with Crippen molar-refractivity contribution in [2.24, 2.45) is 12.5 Å². The molecule has 5 aromatic heterocycles. The van der Waals surface area contributed by atoms with Crippen molar-refractivity contribution in [2.75, 3.05) is 0 Å². The van der Waals surface area contributed by atoms with Crippen molar-refractivity contribution < 1.29 is 24.5 Å². The van der Waals surface area contributed by atoms with Crippen molar-refractivity contribution in [2.45, 2.75) is 59.8 Å². The molecule has 0 saturated carbocycles. The molecule has 0 unspecified atom stereocenters. The molecular weight excluding hydrogens is 915 g/mol. The zero-order valence-electron chi connectivity index (χ0n) is 34.8. The number of imidazole rings is 1. The molecule has 9 aromatic rings. The van der Waals surface area contributed by atoms with Gasteiger partial charge in [0, 0.05) is 42.9 Å². The zero-order valence-corrected chi connectivity index (χ0v) is 37.2.